The van der Waals surface area contributed by atoms with E-state index in [9.17, 15) is 10.2 Å². The average molecular weight is 339 g/mol. The van der Waals surface area contributed by atoms with E-state index in [0.717, 1.165) is 57.8 Å². The van der Waals surface area contributed by atoms with Crippen LogP contribution in [0.2, 0.25) is 0 Å². The van der Waals surface area contributed by atoms with E-state index in [0.29, 0.717) is 12.4 Å². The Labute approximate surface area is 147 Å². The Bertz CT molecular complexity index is 924. The van der Waals surface area contributed by atoms with Crippen molar-refractivity contribution in [1.29, 1.82) is 0 Å². The Kier molecular flexibility index (Phi) is 5.00. The first-order valence-corrected chi connectivity index (χ1v) is 8.76. The lowest BCUT2D eigenvalue weighted by Gasteiger charge is -2.08. The third-order valence-electron chi connectivity index (χ3n) is 4.54. The second-order valence-electron chi connectivity index (χ2n) is 6.51. The van der Waals surface area contributed by atoms with Gasteiger partial charge in [0.1, 0.15) is 11.5 Å². The summed E-state index contributed by atoms with van der Waals surface area (Å²) in [5.41, 5.74) is 4.29. The molecule has 1 heterocycles. The fraction of sp³-hybridized carbons (Fsp3) is 0.333. The standard InChI is InChI=1S/C21H25NO3/c1-4-5-6-9-25-15-10-17-20(18(24)11-15)19-16(13(2)3)8-7-14(12-23)21(19)22-17/h7-8,10-11,22-24H,2,4-6,9,12H2,1,3H3. The number of aromatic nitrogens is 1. The van der Waals surface area contributed by atoms with Crippen molar-refractivity contribution in [2.24, 2.45) is 0 Å². The Balaban J connectivity index is 2.14. The van der Waals surface area contributed by atoms with Crippen molar-refractivity contribution in [1.82, 2.24) is 4.98 Å². The molecule has 2 aromatic carbocycles. The normalized spacial score (nSPS) is 11.3. The van der Waals surface area contributed by atoms with Crippen LogP contribution in [0, 0.1) is 0 Å². The van der Waals surface area contributed by atoms with Gasteiger partial charge in [0.25, 0.3) is 0 Å². The molecule has 0 amide bonds. The quantitative estimate of drug-likeness (QED) is 0.523. The van der Waals surface area contributed by atoms with Crippen molar-refractivity contribution in [3.8, 4) is 11.5 Å². The van der Waals surface area contributed by atoms with Crippen LogP contribution >= 0.6 is 0 Å². The molecule has 0 unspecified atom stereocenters. The number of aliphatic hydroxyl groups is 1. The van der Waals surface area contributed by atoms with Crippen molar-refractivity contribution < 1.29 is 14.9 Å². The molecule has 0 fully saturated rings. The van der Waals surface area contributed by atoms with Gasteiger partial charge < -0.3 is 19.9 Å². The van der Waals surface area contributed by atoms with Crippen molar-refractivity contribution in [3.63, 3.8) is 0 Å². The van der Waals surface area contributed by atoms with Crippen LogP contribution in [0.25, 0.3) is 27.4 Å². The number of fused-ring (bicyclic) bond motifs is 3. The average Bonchev–Trinajstić information content (AvgIpc) is 2.97. The van der Waals surface area contributed by atoms with Crippen LogP contribution in [0.3, 0.4) is 0 Å². The summed E-state index contributed by atoms with van der Waals surface area (Å²) in [5.74, 6) is 0.821. The number of phenols is 1. The molecule has 0 spiro atoms. The number of phenolic OH excluding ortho intramolecular Hbond substituents is 1. The molecule has 1 aromatic heterocycles. The SMILES string of the molecule is C=C(C)c1ccc(CO)c2[nH]c3cc(OCCCCC)cc(O)c3c12. The van der Waals surface area contributed by atoms with E-state index >= 15 is 0 Å². The third-order valence-corrected chi connectivity index (χ3v) is 4.54. The number of aromatic hydroxyl groups is 1. The molecule has 0 bridgehead atoms. The van der Waals surface area contributed by atoms with Crippen LogP contribution in [0.15, 0.2) is 30.8 Å². The van der Waals surface area contributed by atoms with E-state index in [1.807, 2.05) is 25.1 Å². The van der Waals surface area contributed by atoms with Gasteiger partial charge in [0.05, 0.1) is 24.2 Å². The van der Waals surface area contributed by atoms with Crippen LogP contribution in [-0.4, -0.2) is 21.8 Å². The first-order valence-electron chi connectivity index (χ1n) is 8.76. The lowest BCUT2D eigenvalue weighted by molar-refractivity contribution is 0.283. The van der Waals surface area contributed by atoms with Gasteiger partial charge in [-0.2, -0.15) is 0 Å². The molecular formula is C21H25NO3. The zero-order chi connectivity index (χ0) is 18.0. The molecule has 3 N–H and O–H groups in total. The number of benzene rings is 2. The second-order valence-corrected chi connectivity index (χ2v) is 6.51. The van der Waals surface area contributed by atoms with E-state index in [1.165, 1.54) is 0 Å². The fourth-order valence-electron chi connectivity index (χ4n) is 3.26. The summed E-state index contributed by atoms with van der Waals surface area (Å²) in [5, 5.41) is 21.9. The third kappa shape index (κ3) is 3.22. The molecule has 0 saturated heterocycles. The van der Waals surface area contributed by atoms with Gasteiger partial charge in [0.2, 0.25) is 0 Å². The first-order chi connectivity index (χ1) is 12.1. The zero-order valence-electron chi connectivity index (χ0n) is 14.9. The van der Waals surface area contributed by atoms with Crippen molar-refractivity contribution in [2.45, 2.75) is 39.7 Å². The molecule has 0 aliphatic heterocycles. The smallest absolute Gasteiger partial charge is 0.129 e. The molecule has 3 aromatic rings. The summed E-state index contributed by atoms with van der Waals surface area (Å²) in [7, 11) is 0. The van der Waals surface area contributed by atoms with Gasteiger partial charge in [-0.05, 0) is 18.9 Å². The summed E-state index contributed by atoms with van der Waals surface area (Å²) in [6.45, 7) is 8.70. The molecule has 4 nitrogen and oxygen atoms in total. The van der Waals surface area contributed by atoms with Gasteiger partial charge in [0, 0.05) is 28.5 Å². The van der Waals surface area contributed by atoms with Gasteiger partial charge >= 0.3 is 0 Å². The molecule has 0 aliphatic carbocycles. The highest BCUT2D eigenvalue weighted by Crippen LogP contribution is 2.40. The van der Waals surface area contributed by atoms with E-state index in [-0.39, 0.29) is 12.4 Å². The van der Waals surface area contributed by atoms with E-state index in [2.05, 4.69) is 18.5 Å². The maximum atomic E-state index is 10.6. The lowest BCUT2D eigenvalue weighted by Crippen LogP contribution is -1.96. The number of H-pyrrole nitrogens is 1. The summed E-state index contributed by atoms with van der Waals surface area (Å²) in [6.07, 6.45) is 3.27. The summed E-state index contributed by atoms with van der Waals surface area (Å²) in [6, 6.07) is 7.40. The number of hydrogen-bond acceptors (Lipinski definition) is 3. The van der Waals surface area contributed by atoms with Crippen molar-refractivity contribution in [3.05, 3.63) is 42.0 Å². The summed E-state index contributed by atoms with van der Waals surface area (Å²) in [4.78, 5) is 3.33. The minimum absolute atomic E-state index is 0.0685. The predicted octanol–water partition coefficient (Wildman–Crippen LogP) is 5.12. The van der Waals surface area contributed by atoms with E-state index in [1.54, 1.807) is 6.07 Å². The number of aromatic amines is 1. The van der Waals surface area contributed by atoms with Crippen LogP contribution in [-0.2, 0) is 6.61 Å². The highest BCUT2D eigenvalue weighted by molar-refractivity contribution is 6.15. The highest BCUT2D eigenvalue weighted by atomic mass is 16.5. The predicted molar refractivity (Wildman–Crippen MR) is 103 cm³/mol. The summed E-state index contributed by atoms with van der Waals surface area (Å²) >= 11 is 0. The number of unbranched alkanes of at least 4 members (excludes halogenated alkanes) is 2. The largest absolute Gasteiger partial charge is 0.507 e. The topological polar surface area (TPSA) is 65.5 Å². The minimum Gasteiger partial charge on any atom is -0.507 e. The fourth-order valence-corrected chi connectivity index (χ4v) is 3.26. The molecule has 3 rings (SSSR count). The molecule has 25 heavy (non-hydrogen) atoms. The molecule has 0 atom stereocenters. The monoisotopic (exact) mass is 339 g/mol. The van der Waals surface area contributed by atoms with Crippen molar-refractivity contribution >= 4 is 27.4 Å². The summed E-state index contributed by atoms with van der Waals surface area (Å²) < 4.78 is 5.78. The number of nitrogens with one attached hydrogen (secondary N) is 1. The number of ether oxygens (including phenoxy) is 1. The van der Waals surface area contributed by atoms with Gasteiger partial charge in [-0.15, -0.1) is 0 Å². The Morgan fingerprint density at radius 3 is 2.68 bits per heavy atom. The molecule has 0 radical (unpaired) electrons. The maximum absolute atomic E-state index is 10.6. The lowest BCUT2D eigenvalue weighted by atomic mass is 9.98. The van der Waals surface area contributed by atoms with Crippen LogP contribution in [0.1, 0.15) is 44.2 Å². The van der Waals surface area contributed by atoms with E-state index < -0.39 is 0 Å². The Hall–Kier alpha value is -2.46. The van der Waals surface area contributed by atoms with Gasteiger partial charge in [0.15, 0.2) is 0 Å². The molecule has 0 aliphatic rings. The van der Waals surface area contributed by atoms with Gasteiger partial charge in [-0.1, -0.05) is 44.1 Å². The Morgan fingerprint density at radius 1 is 1.20 bits per heavy atom. The van der Waals surface area contributed by atoms with Crippen LogP contribution in [0.4, 0.5) is 0 Å². The maximum Gasteiger partial charge on any atom is 0.129 e. The molecule has 4 heteroatoms. The first kappa shape index (κ1) is 17.4. The number of hydrogen-bond donors (Lipinski definition) is 3. The van der Waals surface area contributed by atoms with E-state index in [4.69, 9.17) is 4.74 Å². The minimum atomic E-state index is -0.0685. The zero-order valence-corrected chi connectivity index (χ0v) is 14.9. The second kappa shape index (κ2) is 7.19. The van der Waals surface area contributed by atoms with Gasteiger partial charge in [-0.3, -0.25) is 0 Å². The van der Waals surface area contributed by atoms with Crippen molar-refractivity contribution in [2.75, 3.05) is 6.61 Å². The number of rotatable bonds is 7. The molecule has 0 saturated carbocycles. The van der Waals surface area contributed by atoms with Gasteiger partial charge in [-0.25, -0.2) is 0 Å². The van der Waals surface area contributed by atoms with Crippen LogP contribution in [0.5, 0.6) is 11.5 Å². The van der Waals surface area contributed by atoms with Crippen LogP contribution < -0.4 is 4.74 Å². The molecule has 132 valence electrons. The number of allylic oxidation sites excluding steroid dienone is 1. The molecular weight excluding hydrogens is 314 g/mol. The highest BCUT2D eigenvalue weighted by Gasteiger charge is 2.16. The number of aliphatic hydroxyl groups excluding tert-OH is 1. The Morgan fingerprint density at radius 2 is 2.00 bits per heavy atom.